The first kappa shape index (κ1) is 41.5. The molecule has 18 nitrogen and oxygen atoms in total. The van der Waals surface area contributed by atoms with Crippen molar-refractivity contribution < 1.29 is 39.0 Å². The van der Waals surface area contributed by atoms with Crippen LogP contribution in [0.4, 0.5) is 0 Å². The van der Waals surface area contributed by atoms with E-state index in [0.29, 0.717) is 76.6 Å². The summed E-state index contributed by atoms with van der Waals surface area (Å²) in [6.07, 6.45) is 3.89. The summed E-state index contributed by atoms with van der Waals surface area (Å²) in [5, 5.41) is 36.8. The van der Waals surface area contributed by atoms with Gasteiger partial charge in [-0.3, -0.25) is 34.2 Å². The molecular formula is C34H54N10O8. The third-order valence-corrected chi connectivity index (χ3v) is 9.30. The predicted octanol–water partition coefficient (Wildman–Crippen LogP) is -1.80. The number of carbonyl (C=O) groups excluding carboxylic acids is 5. The van der Waals surface area contributed by atoms with Crippen LogP contribution in [-0.2, 0) is 35.2 Å². The highest BCUT2D eigenvalue weighted by Crippen LogP contribution is 2.23. The predicted molar refractivity (Wildman–Crippen MR) is 190 cm³/mol. The number of rotatable bonds is 19. The number of nitrogens with zero attached hydrogens (tertiary/aromatic N) is 2. The zero-order chi connectivity index (χ0) is 38.4. The number of amides is 5. The highest BCUT2D eigenvalue weighted by molar-refractivity contribution is 5.97. The average molecular weight is 731 g/mol. The monoisotopic (exact) mass is 730 g/mol. The number of hydrogen-bond acceptors (Lipinski definition) is 10. The summed E-state index contributed by atoms with van der Waals surface area (Å²) in [6, 6.07) is -0.0963. The fraction of sp³-hybridized carbons (Fsp3) is 0.618. The Balaban J connectivity index is 1.73. The minimum absolute atomic E-state index is 0.00699. The van der Waals surface area contributed by atoms with Gasteiger partial charge in [-0.25, -0.2) is 0 Å². The van der Waals surface area contributed by atoms with E-state index in [0.717, 1.165) is 0 Å². The number of carbonyl (C=O) groups is 6. The van der Waals surface area contributed by atoms with Crippen LogP contribution < -0.4 is 38.5 Å². The lowest BCUT2D eigenvalue weighted by atomic mass is 10.0. The van der Waals surface area contributed by atoms with Gasteiger partial charge in [0.05, 0.1) is 6.04 Å². The first-order chi connectivity index (χ1) is 24.7. The van der Waals surface area contributed by atoms with Gasteiger partial charge in [0.2, 0.25) is 29.5 Å². The summed E-state index contributed by atoms with van der Waals surface area (Å²) < 4.78 is 0. The molecule has 1 aromatic rings. The van der Waals surface area contributed by atoms with Crippen LogP contribution in [0.5, 0.6) is 5.75 Å². The molecule has 1 aromatic carbocycles. The van der Waals surface area contributed by atoms with E-state index < -0.39 is 65.8 Å². The van der Waals surface area contributed by atoms with E-state index in [2.05, 4.69) is 21.3 Å². The number of hydrogen-bond donors (Lipinski definition) is 10. The molecule has 6 atom stereocenters. The second-order valence-corrected chi connectivity index (χ2v) is 13.3. The standard InChI is InChI=1S/C34H54N10O8/c1-20(33(51)52)40-28(46)25(19-21-11-13-22(45)14-12-21)42-30(48)27-10-6-18-44(27)32(50)24(8-2-3-15-35)41-29(47)26-9-5-17-43(26)31(49)23(36)7-4-16-39-34(37)38/h11-14,20,23-27,45H,2-10,15-19,35-36H2,1H3,(H,40,46)(H,41,47)(H,42,48)(H,51,52)(H4,37,38,39). The second-order valence-electron chi connectivity index (χ2n) is 13.3. The third-order valence-electron chi connectivity index (χ3n) is 9.30. The van der Waals surface area contributed by atoms with Crippen molar-refractivity contribution in [2.75, 3.05) is 26.2 Å². The van der Waals surface area contributed by atoms with Gasteiger partial charge < -0.3 is 58.5 Å². The van der Waals surface area contributed by atoms with Gasteiger partial charge in [-0.05, 0) is 89.0 Å². The number of carboxylic acid groups (broad SMARTS) is 1. The molecule has 52 heavy (non-hydrogen) atoms. The molecule has 0 bridgehead atoms. The highest BCUT2D eigenvalue weighted by Gasteiger charge is 2.41. The fourth-order valence-corrected chi connectivity index (χ4v) is 6.43. The van der Waals surface area contributed by atoms with Crippen molar-refractivity contribution in [3.63, 3.8) is 0 Å². The highest BCUT2D eigenvalue weighted by atomic mass is 16.4. The number of phenolic OH excluding ortho intramolecular Hbond substituents is 1. The van der Waals surface area contributed by atoms with Crippen LogP contribution >= 0.6 is 0 Å². The number of unbranched alkanes of at least 4 members (excludes halogenated alkanes) is 1. The molecule has 288 valence electrons. The van der Waals surface area contributed by atoms with Crippen molar-refractivity contribution >= 4 is 41.5 Å². The molecule has 5 amide bonds. The number of aromatic hydroxyl groups is 1. The Bertz CT molecular complexity index is 1430. The van der Waals surface area contributed by atoms with Crippen LogP contribution in [-0.4, -0.2) is 124 Å². The molecule has 0 spiro atoms. The molecule has 2 heterocycles. The number of carboxylic acids is 1. The third kappa shape index (κ3) is 12.1. The number of benzene rings is 1. The average Bonchev–Trinajstić information content (AvgIpc) is 3.80. The molecule has 18 heteroatoms. The molecule has 3 rings (SSSR count). The summed E-state index contributed by atoms with van der Waals surface area (Å²) >= 11 is 0. The molecular weight excluding hydrogens is 676 g/mol. The zero-order valence-electron chi connectivity index (χ0n) is 29.6. The summed E-state index contributed by atoms with van der Waals surface area (Å²) in [6.45, 7) is 2.60. The normalized spacial score (nSPS) is 19.2. The summed E-state index contributed by atoms with van der Waals surface area (Å²) in [7, 11) is 0. The smallest absolute Gasteiger partial charge is 0.325 e. The lowest BCUT2D eigenvalue weighted by molar-refractivity contribution is -0.144. The quantitative estimate of drug-likeness (QED) is 0.0428. The van der Waals surface area contributed by atoms with Crippen molar-refractivity contribution in [3.05, 3.63) is 29.8 Å². The van der Waals surface area contributed by atoms with Gasteiger partial charge in [0, 0.05) is 26.1 Å². The Labute approximate surface area is 303 Å². The molecule has 2 fully saturated rings. The van der Waals surface area contributed by atoms with E-state index in [-0.39, 0.29) is 37.0 Å². The number of phenols is 1. The zero-order valence-corrected chi connectivity index (χ0v) is 29.6. The second kappa shape index (κ2) is 20.2. The first-order valence-corrected chi connectivity index (χ1v) is 17.8. The molecule has 6 unspecified atom stereocenters. The maximum absolute atomic E-state index is 14.1. The Kier molecular flexibility index (Phi) is 16.1. The molecule has 0 aliphatic carbocycles. The topological polar surface area (TPSA) is 299 Å². The van der Waals surface area contributed by atoms with Crippen LogP contribution in [0.15, 0.2) is 24.3 Å². The molecule has 2 saturated heterocycles. The van der Waals surface area contributed by atoms with Crippen molar-refractivity contribution in [2.24, 2.45) is 17.2 Å². The van der Waals surface area contributed by atoms with Gasteiger partial charge in [0.15, 0.2) is 5.96 Å². The first-order valence-electron chi connectivity index (χ1n) is 17.8. The van der Waals surface area contributed by atoms with Gasteiger partial charge in [-0.2, -0.15) is 0 Å². The van der Waals surface area contributed by atoms with Crippen molar-refractivity contribution in [2.45, 2.75) is 107 Å². The van der Waals surface area contributed by atoms with Crippen molar-refractivity contribution in [1.82, 2.24) is 31.1 Å². The maximum atomic E-state index is 14.1. The van der Waals surface area contributed by atoms with Crippen LogP contribution in [0.3, 0.4) is 0 Å². The maximum Gasteiger partial charge on any atom is 0.325 e. The fourth-order valence-electron chi connectivity index (χ4n) is 6.43. The minimum Gasteiger partial charge on any atom is -0.508 e. The van der Waals surface area contributed by atoms with Gasteiger partial charge in [0.1, 0.15) is 36.0 Å². The lowest BCUT2D eigenvalue weighted by Gasteiger charge is -2.32. The van der Waals surface area contributed by atoms with Crippen LogP contribution in [0.25, 0.3) is 0 Å². The molecule has 2 aliphatic rings. The molecule has 2 aliphatic heterocycles. The van der Waals surface area contributed by atoms with E-state index in [4.69, 9.17) is 22.6 Å². The van der Waals surface area contributed by atoms with E-state index in [1.807, 2.05) is 0 Å². The van der Waals surface area contributed by atoms with E-state index in [9.17, 15) is 39.0 Å². The molecule has 0 radical (unpaired) electrons. The van der Waals surface area contributed by atoms with Crippen molar-refractivity contribution in [1.29, 1.82) is 5.41 Å². The number of likely N-dealkylation sites (tertiary alicyclic amines) is 2. The van der Waals surface area contributed by atoms with Crippen LogP contribution in [0, 0.1) is 5.41 Å². The van der Waals surface area contributed by atoms with Gasteiger partial charge >= 0.3 is 5.97 Å². The Morgan fingerprint density at radius 3 is 2.00 bits per heavy atom. The number of nitrogens with two attached hydrogens (primary N) is 3. The van der Waals surface area contributed by atoms with Gasteiger partial charge in [0.25, 0.3) is 0 Å². The number of nitrogens with one attached hydrogen (secondary N) is 5. The lowest BCUT2D eigenvalue weighted by Crippen LogP contribution is -2.59. The molecule has 0 saturated carbocycles. The Morgan fingerprint density at radius 1 is 0.865 bits per heavy atom. The molecule has 0 aromatic heterocycles. The van der Waals surface area contributed by atoms with E-state index in [1.165, 1.54) is 28.9 Å². The minimum atomic E-state index is -1.26. The van der Waals surface area contributed by atoms with Gasteiger partial charge in [-0.1, -0.05) is 12.1 Å². The van der Waals surface area contributed by atoms with Crippen LogP contribution in [0.1, 0.15) is 70.3 Å². The number of guanidine groups is 1. The van der Waals surface area contributed by atoms with Crippen molar-refractivity contribution in [3.8, 4) is 5.75 Å². The Hall–Kier alpha value is -4.97. The summed E-state index contributed by atoms with van der Waals surface area (Å²) in [4.78, 5) is 82.2. The molecule has 13 N–H and O–H groups in total. The van der Waals surface area contributed by atoms with E-state index in [1.54, 1.807) is 12.1 Å². The Morgan fingerprint density at radius 2 is 1.44 bits per heavy atom. The van der Waals surface area contributed by atoms with Gasteiger partial charge in [-0.15, -0.1) is 0 Å². The van der Waals surface area contributed by atoms with E-state index >= 15 is 0 Å². The largest absolute Gasteiger partial charge is 0.508 e. The summed E-state index contributed by atoms with van der Waals surface area (Å²) in [5.41, 5.74) is 17.8. The SMILES string of the molecule is CC(NC(=O)C(Cc1ccc(O)cc1)NC(=O)C1CCCN1C(=O)C(CCCCN)NC(=O)C1CCCN1C(=O)C(N)CCCNC(=N)N)C(=O)O. The number of aliphatic carboxylic acids is 1. The van der Waals surface area contributed by atoms with Crippen LogP contribution in [0.2, 0.25) is 0 Å². The summed E-state index contributed by atoms with van der Waals surface area (Å²) in [5.74, 6) is -4.14.